The number of fused-ring (bicyclic) bond motifs is 2. The fourth-order valence-electron chi connectivity index (χ4n) is 6.39. The van der Waals surface area contributed by atoms with E-state index in [1.165, 1.54) is 55.9 Å². The van der Waals surface area contributed by atoms with Crippen molar-refractivity contribution in [1.29, 1.82) is 0 Å². The minimum Gasteiger partial charge on any atom is -0.473 e. The first-order valence-corrected chi connectivity index (χ1v) is 14.2. The predicted molar refractivity (Wildman–Crippen MR) is 160 cm³/mol. The Bertz CT molecular complexity index is 1400. The highest BCUT2D eigenvalue weighted by Gasteiger charge is 2.23. The van der Waals surface area contributed by atoms with E-state index in [1.54, 1.807) is 0 Å². The van der Waals surface area contributed by atoms with Gasteiger partial charge in [-0.2, -0.15) is 0 Å². The van der Waals surface area contributed by atoms with Crippen LogP contribution in [-0.4, -0.2) is 13.5 Å². The number of hydrogen-bond donors (Lipinski definition) is 0. The molecule has 0 aliphatic carbocycles. The minimum absolute atomic E-state index is 0.593. The average Bonchev–Trinajstić information content (AvgIpc) is 2.96. The summed E-state index contributed by atoms with van der Waals surface area (Å²) in [5, 5.41) is 0. The number of hydrogen-bond acceptors (Lipinski definition) is 4. The van der Waals surface area contributed by atoms with E-state index in [9.17, 15) is 0 Å². The van der Waals surface area contributed by atoms with Crippen LogP contribution in [0.3, 0.4) is 0 Å². The number of aryl methyl sites for hydroxylation is 4. The molecule has 2 heterocycles. The summed E-state index contributed by atoms with van der Waals surface area (Å²) < 4.78 is 12.2. The lowest BCUT2D eigenvalue weighted by Gasteiger charge is -2.34. The van der Waals surface area contributed by atoms with Gasteiger partial charge < -0.3 is 19.3 Å². The third-order valence-corrected chi connectivity index (χ3v) is 8.10. The van der Waals surface area contributed by atoms with Crippen LogP contribution >= 0.6 is 0 Å². The van der Waals surface area contributed by atoms with Crippen molar-refractivity contribution in [1.82, 2.24) is 0 Å². The van der Waals surface area contributed by atoms with Gasteiger partial charge in [0.1, 0.15) is 11.5 Å². The summed E-state index contributed by atoms with van der Waals surface area (Å²) >= 11 is 0. The van der Waals surface area contributed by atoms with Gasteiger partial charge in [0.2, 0.25) is 0 Å². The van der Waals surface area contributed by atoms with E-state index in [2.05, 4.69) is 98.2 Å². The molecule has 39 heavy (non-hydrogen) atoms. The molecule has 0 atom stereocenters. The first-order chi connectivity index (χ1) is 19.0. The van der Waals surface area contributed by atoms with E-state index in [4.69, 9.17) is 9.47 Å². The number of nitrogens with zero attached hydrogens (tertiary/aromatic N) is 2. The van der Waals surface area contributed by atoms with Gasteiger partial charge >= 0.3 is 0 Å². The Morgan fingerprint density at radius 3 is 1.49 bits per heavy atom. The zero-order valence-electron chi connectivity index (χ0n) is 23.6. The van der Waals surface area contributed by atoms with Crippen LogP contribution in [0.15, 0.2) is 72.8 Å². The van der Waals surface area contributed by atoms with Gasteiger partial charge in [-0.15, -0.1) is 0 Å². The fraction of sp³-hybridized carbons (Fsp3) is 0.314. The lowest BCUT2D eigenvalue weighted by atomic mass is 9.93. The van der Waals surface area contributed by atoms with Crippen molar-refractivity contribution in [2.45, 2.75) is 60.0 Å². The molecule has 0 bridgehead atoms. The van der Waals surface area contributed by atoms with Crippen molar-refractivity contribution in [2.75, 3.05) is 23.3 Å². The summed E-state index contributed by atoms with van der Waals surface area (Å²) in [4.78, 5) is 4.76. The van der Waals surface area contributed by atoms with Gasteiger partial charge in [-0.05, 0) is 78.6 Å². The Morgan fingerprint density at radius 2 is 1.05 bits per heavy atom. The number of benzene rings is 4. The van der Waals surface area contributed by atoms with E-state index < -0.39 is 0 Å². The van der Waals surface area contributed by atoms with Gasteiger partial charge in [-0.3, -0.25) is 0 Å². The second-order valence-electron chi connectivity index (χ2n) is 10.9. The largest absolute Gasteiger partial charge is 0.473 e. The number of anilines is 2. The number of rotatable bonds is 6. The Balaban J connectivity index is 1.26. The zero-order chi connectivity index (χ0) is 26.9. The van der Waals surface area contributed by atoms with Gasteiger partial charge in [-0.25, -0.2) is 0 Å². The summed E-state index contributed by atoms with van der Waals surface area (Å²) in [5.74, 6) is 2.01. The maximum absolute atomic E-state index is 6.10. The average molecular weight is 519 g/mol. The highest BCUT2D eigenvalue weighted by atomic mass is 16.5. The maximum Gasteiger partial charge on any atom is 0.161 e. The standard InChI is InChI=1S/C35H38N2O2/c1-5-28-18-26(15-24(3)34(28)36-20-30-11-7-9-13-32(30)38-22-36)17-27-16-25(4)35(29(6-2)19-27)37-21-31-12-8-10-14-33(31)39-23-37/h7-16,18-19H,5-6,17,20-23H2,1-4H3. The Labute approximate surface area is 232 Å². The Kier molecular flexibility index (Phi) is 6.95. The Morgan fingerprint density at radius 1 is 0.615 bits per heavy atom. The smallest absolute Gasteiger partial charge is 0.161 e. The summed E-state index contributed by atoms with van der Waals surface area (Å²) in [6.45, 7) is 12.0. The minimum atomic E-state index is 0.593. The predicted octanol–water partition coefficient (Wildman–Crippen LogP) is 7.73. The van der Waals surface area contributed by atoms with Gasteiger partial charge in [0, 0.05) is 35.6 Å². The fourth-order valence-corrected chi connectivity index (χ4v) is 6.39. The van der Waals surface area contributed by atoms with Crippen molar-refractivity contribution in [2.24, 2.45) is 0 Å². The molecule has 200 valence electrons. The van der Waals surface area contributed by atoms with Crippen LogP contribution < -0.4 is 19.3 Å². The van der Waals surface area contributed by atoms with Crippen molar-refractivity contribution in [3.8, 4) is 11.5 Å². The van der Waals surface area contributed by atoms with Crippen LogP contribution in [-0.2, 0) is 32.4 Å². The van der Waals surface area contributed by atoms with Crippen LogP contribution in [0.4, 0.5) is 11.4 Å². The summed E-state index contributed by atoms with van der Waals surface area (Å²) in [5.41, 5.74) is 13.3. The molecule has 0 radical (unpaired) electrons. The molecular formula is C35H38N2O2. The molecule has 0 fully saturated rings. The number of para-hydroxylation sites is 2. The van der Waals surface area contributed by atoms with E-state index in [0.29, 0.717) is 13.5 Å². The molecule has 0 aromatic heterocycles. The van der Waals surface area contributed by atoms with Gasteiger partial charge in [0.25, 0.3) is 0 Å². The summed E-state index contributed by atoms with van der Waals surface area (Å²) in [6, 6.07) is 26.3. The second kappa shape index (κ2) is 10.7. The second-order valence-corrected chi connectivity index (χ2v) is 10.9. The van der Waals surface area contributed by atoms with Crippen molar-refractivity contribution in [3.05, 3.63) is 117 Å². The van der Waals surface area contributed by atoms with Crippen molar-refractivity contribution < 1.29 is 9.47 Å². The summed E-state index contributed by atoms with van der Waals surface area (Å²) in [7, 11) is 0. The van der Waals surface area contributed by atoms with E-state index in [-0.39, 0.29) is 0 Å². The van der Waals surface area contributed by atoms with Crippen LogP contribution in [0.1, 0.15) is 58.4 Å². The van der Waals surface area contributed by atoms with Crippen LogP contribution in [0.5, 0.6) is 11.5 Å². The molecule has 4 aromatic carbocycles. The zero-order valence-corrected chi connectivity index (χ0v) is 23.6. The molecule has 6 rings (SSSR count). The van der Waals surface area contributed by atoms with Crippen molar-refractivity contribution in [3.63, 3.8) is 0 Å². The Hall–Kier alpha value is -3.92. The molecule has 0 saturated carbocycles. The first-order valence-electron chi connectivity index (χ1n) is 14.2. The molecule has 4 aromatic rings. The SMILES string of the molecule is CCc1cc(Cc2cc(C)c(N3COc4ccccc4C3)c(CC)c2)cc(C)c1N1COc2ccccc2C1. The lowest BCUT2D eigenvalue weighted by Crippen LogP contribution is -2.33. The van der Waals surface area contributed by atoms with Crippen LogP contribution in [0.2, 0.25) is 0 Å². The van der Waals surface area contributed by atoms with Crippen LogP contribution in [0.25, 0.3) is 0 Å². The highest BCUT2D eigenvalue weighted by molar-refractivity contribution is 5.64. The van der Waals surface area contributed by atoms with Gasteiger partial charge in [0.15, 0.2) is 13.5 Å². The molecule has 4 nitrogen and oxygen atoms in total. The maximum atomic E-state index is 6.10. The first kappa shape index (κ1) is 25.4. The van der Waals surface area contributed by atoms with Gasteiger partial charge in [0.05, 0.1) is 0 Å². The molecule has 0 unspecified atom stereocenters. The molecular weight excluding hydrogens is 480 g/mol. The third kappa shape index (κ3) is 4.96. The quantitative estimate of drug-likeness (QED) is 0.261. The molecule has 0 saturated heterocycles. The molecule has 2 aliphatic heterocycles. The lowest BCUT2D eigenvalue weighted by molar-refractivity contribution is 0.289. The molecule has 0 amide bonds. The molecule has 4 heteroatoms. The van der Waals surface area contributed by atoms with Crippen molar-refractivity contribution >= 4 is 11.4 Å². The van der Waals surface area contributed by atoms with E-state index >= 15 is 0 Å². The summed E-state index contributed by atoms with van der Waals surface area (Å²) in [6.07, 6.45) is 2.93. The molecule has 2 aliphatic rings. The van der Waals surface area contributed by atoms with E-state index in [1.807, 2.05) is 12.1 Å². The number of ether oxygens (including phenoxy) is 2. The molecule has 0 N–H and O–H groups in total. The molecule has 0 spiro atoms. The van der Waals surface area contributed by atoms with Crippen LogP contribution in [0, 0.1) is 13.8 Å². The van der Waals surface area contributed by atoms with E-state index in [0.717, 1.165) is 43.9 Å². The van der Waals surface area contributed by atoms with Gasteiger partial charge in [-0.1, -0.05) is 74.5 Å². The normalized spacial score (nSPS) is 14.4. The topological polar surface area (TPSA) is 24.9 Å². The monoisotopic (exact) mass is 518 g/mol. The highest BCUT2D eigenvalue weighted by Crippen LogP contribution is 2.36. The third-order valence-electron chi connectivity index (χ3n) is 8.10.